The lowest BCUT2D eigenvalue weighted by molar-refractivity contribution is 0.407. The molecule has 72 valence electrons. The van der Waals surface area contributed by atoms with Crippen molar-refractivity contribution in [3.63, 3.8) is 0 Å². The highest BCUT2D eigenvalue weighted by Gasteiger charge is 2.21. The van der Waals surface area contributed by atoms with Crippen molar-refractivity contribution in [3.05, 3.63) is 28.6 Å². The maximum absolute atomic E-state index is 4.54. The summed E-state index contributed by atoms with van der Waals surface area (Å²) in [6, 6.07) is 4.13. The van der Waals surface area contributed by atoms with Crippen LogP contribution in [0.5, 0.6) is 0 Å². The number of aromatic nitrogens is 3. The molecule has 3 nitrogen and oxygen atoms in total. The number of fused-ring (bicyclic) bond motifs is 1. The van der Waals surface area contributed by atoms with Gasteiger partial charge in [-0.25, -0.2) is 9.50 Å². The van der Waals surface area contributed by atoms with Crippen molar-refractivity contribution in [1.29, 1.82) is 0 Å². The van der Waals surface area contributed by atoms with Crippen molar-refractivity contribution in [2.24, 2.45) is 0 Å². The molecule has 14 heavy (non-hydrogen) atoms. The van der Waals surface area contributed by atoms with Crippen LogP contribution in [0.4, 0.5) is 0 Å². The van der Waals surface area contributed by atoms with Gasteiger partial charge in [-0.3, -0.25) is 0 Å². The van der Waals surface area contributed by atoms with Gasteiger partial charge in [0.25, 0.3) is 0 Å². The summed E-state index contributed by atoms with van der Waals surface area (Å²) in [5.74, 6) is 0.681. The van der Waals surface area contributed by atoms with Crippen LogP contribution < -0.4 is 0 Å². The standard InChI is InChI=1S/C10H10BrN3/c11-9-6-14-10(12-9)5-4-8(13-14)7-2-1-3-7/h4-7H,1-3H2. The molecule has 0 amide bonds. The highest BCUT2D eigenvalue weighted by Crippen LogP contribution is 2.35. The zero-order chi connectivity index (χ0) is 9.54. The number of halogens is 1. The molecule has 3 rings (SSSR count). The lowest BCUT2D eigenvalue weighted by Gasteiger charge is -2.24. The Morgan fingerprint density at radius 1 is 1.36 bits per heavy atom. The van der Waals surface area contributed by atoms with Crippen molar-refractivity contribution in [2.45, 2.75) is 25.2 Å². The minimum Gasteiger partial charge on any atom is -0.220 e. The first kappa shape index (κ1) is 8.41. The monoisotopic (exact) mass is 251 g/mol. The number of nitrogens with zero attached hydrogens (tertiary/aromatic N) is 3. The third-order valence-corrected chi connectivity index (χ3v) is 3.22. The van der Waals surface area contributed by atoms with Crippen LogP contribution in [-0.4, -0.2) is 14.6 Å². The zero-order valence-corrected chi connectivity index (χ0v) is 9.24. The lowest BCUT2D eigenvalue weighted by Crippen LogP contribution is -2.11. The number of imidazole rings is 1. The Kier molecular flexibility index (Phi) is 1.83. The van der Waals surface area contributed by atoms with Gasteiger partial charge in [0.15, 0.2) is 5.65 Å². The Morgan fingerprint density at radius 2 is 2.21 bits per heavy atom. The largest absolute Gasteiger partial charge is 0.220 e. The summed E-state index contributed by atoms with van der Waals surface area (Å²) < 4.78 is 2.69. The number of hydrogen-bond donors (Lipinski definition) is 0. The third-order valence-electron chi connectivity index (χ3n) is 2.83. The van der Waals surface area contributed by atoms with Crippen LogP contribution in [-0.2, 0) is 0 Å². The van der Waals surface area contributed by atoms with Gasteiger partial charge in [-0.15, -0.1) is 0 Å². The molecule has 1 aliphatic carbocycles. The molecular weight excluding hydrogens is 242 g/mol. The summed E-state index contributed by atoms with van der Waals surface area (Å²) in [7, 11) is 0. The maximum atomic E-state index is 4.54. The maximum Gasteiger partial charge on any atom is 0.154 e. The first-order valence-corrected chi connectivity index (χ1v) is 5.64. The molecule has 2 aromatic rings. The topological polar surface area (TPSA) is 30.2 Å². The van der Waals surface area contributed by atoms with E-state index in [1.165, 1.54) is 25.0 Å². The SMILES string of the molecule is Brc1cn2nc(C3CCC3)ccc2n1. The van der Waals surface area contributed by atoms with E-state index in [-0.39, 0.29) is 0 Å². The molecule has 0 bridgehead atoms. The van der Waals surface area contributed by atoms with Gasteiger partial charge >= 0.3 is 0 Å². The second-order valence-corrected chi connectivity index (χ2v) is 4.56. The van der Waals surface area contributed by atoms with Crippen LogP contribution >= 0.6 is 15.9 Å². The molecule has 1 aliphatic rings. The molecule has 1 fully saturated rings. The molecular formula is C10H10BrN3. The molecule has 0 unspecified atom stereocenters. The van der Waals surface area contributed by atoms with Gasteiger partial charge in [0.05, 0.1) is 11.9 Å². The molecule has 0 aliphatic heterocycles. The van der Waals surface area contributed by atoms with Gasteiger partial charge < -0.3 is 0 Å². The fraction of sp³-hybridized carbons (Fsp3) is 0.400. The summed E-state index contributed by atoms with van der Waals surface area (Å²) in [6.07, 6.45) is 5.82. The van der Waals surface area contributed by atoms with E-state index < -0.39 is 0 Å². The summed E-state index contributed by atoms with van der Waals surface area (Å²) in [5, 5.41) is 4.54. The van der Waals surface area contributed by atoms with Crippen LogP contribution in [0.3, 0.4) is 0 Å². The molecule has 0 aromatic carbocycles. The molecule has 0 saturated heterocycles. The molecule has 0 atom stereocenters. The van der Waals surface area contributed by atoms with Crippen LogP contribution in [0.1, 0.15) is 30.9 Å². The Labute approximate surface area is 90.3 Å². The fourth-order valence-electron chi connectivity index (χ4n) is 1.79. The van der Waals surface area contributed by atoms with E-state index in [2.05, 4.69) is 32.1 Å². The molecule has 0 spiro atoms. The van der Waals surface area contributed by atoms with Gasteiger partial charge in [0.2, 0.25) is 0 Å². The zero-order valence-electron chi connectivity index (χ0n) is 7.65. The van der Waals surface area contributed by atoms with Crippen LogP contribution in [0, 0.1) is 0 Å². The van der Waals surface area contributed by atoms with Gasteiger partial charge in [0, 0.05) is 5.92 Å². The predicted octanol–water partition coefficient (Wildman–Crippen LogP) is 2.76. The van der Waals surface area contributed by atoms with Crippen LogP contribution in [0.25, 0.3) is 5.65 Å². The van der Waals surface area contributed by atoms with Gasteiger partial charge in [-0.1, -0.05) is 6.42 Å². The molecule has 2 heterocycles. The van der Waals surface area contributed by atoms with Gasteiger partial charge in [-0.05, 0) is 40.9 Å². The summed E-state index contributed by atoms with van der Waals surface area (Å²) >= 11 is 3.35. The van der Waals surface area contributed by atoms with Crippen LogP contribution in [0.2, 0.25) is 0 Å². The molecule has 2 aromatic heterocycles. The minimum atomic E-state index is 0.681. The highest BCUT2D eigenvalue weighted by atomic mass is 79.9. The predicted molar refractivity (Wildman–Crippen MR) is 57.3 cm³/mol. The van der Waals surface area contributed by atoms with Crippen molar-refractivity contribution < 1.29 is 0 Å². The van der Waals surface area contributed by atoms with E-state index in [0.29, 0.717) is 5.92 Å². The summed E-state index contributed by atoms with van der Waals surface area (Å²) in [6.45, 7) is 0. The second-order valence-electron chi connectivity index (χ2n) is 3.75. The first-order chi connectivity index (χ1) is 6.83. The van der Waals surface area contributed by atoms with E-state index in [0.717, 1.165) is 10.3 Å². The van der Waals surface area contributed by atoms with Crippen molar-refractivity contribution in [1.82, 2.24) is 14.6 Å². The van der Waals surface area contributed by atoms with Crippen molar-refractivity contribution in [3.8, 4) is 0 Å². The number of hydrogen-bond acceptors (Lipinski definition) is 2. The fourth-order valence-corrected chi connectivity index (χ4v) is 2.17. The van der Waals surface area contributed by atoms with E-state index in [4.69, 9.17) is 0 Å². The Hall–Kier alpha value is -0.900. The van der Waals surface area contributed by atoms with Crippen LogP contribution in [0.15, 0.2) is 22.9 Å². The smallest absolute Gasteiger partial charge is 0.154 e. The molecule has 0 radical (unpaired) electrons. The van der Waals surface area contributed by atoms with Gasteiger partial charge in [0.1, 0.15) is 4.60 Å². The van der Waals surface area contributed by atoms with E-state index in [1.54, 1.807) is 0 Å². The number of rotatable bonds is 1. The van der Waals surface area contributed by atoms with Crippen molar-refractivity contribution in [2.75, 3.05) is 0 Å². The average molecular weight is 252 g/mol. The average Bonchev–Trinajstić information content (AvgIpc) is 2.40. The lowest BCUT2D eigenvalue weighted by atomic mass is 9.83. The Balaban J connectivity index is 2.09. The van der Waals surface area contributed by atoms with E-state index in [1.807, 2.05) is 16.8 Å². The van der Waals surface area contributed by atoms with E-state index >= 15 is 0 Å². The molecule has 1 saturated carbocycles. The normalized spacial score (nSPS) is 17.2. The third kappa shape index (κ3) is 1.25. The highest BCUT2D eigenvalue weighted by molar-refractivity contribution is 9.10. The van der Waals surface area contributed by atoms with Gasteiger partial charge in [-0.2, -0.15) is 5.10 Å². The summed E-state index contributed by atoms with van der Waals surface area (Å²) in [4.78, 5) is 4.27. The Bertz CT molecular complexity index is 473. The second kappa shape index (κ2) is 3.05. The molecule has 4 heteroatoms. The van der Waals surface area contributed by atoms with E-state index in [9.17, 15) is 0 Å². The molecule has 0 N–H and O–H groups in total. The summed E-state index contributed by atoms with van der Waals surface area (Å²) in [5.41, 5.74) is 2.11. The Morgan fingerprint density at radius 3 is 2.93 bits per heavy atom. The minimum absolute atomic E-state index is 0.681. The quantitative estimate of drug-likeness (QED) is 0.781. The first-order valence-electron chi connectivity index (χ1n) is 4.85. The van der Waals surface area contributed by atoms with Crippen molar-refractivity contribution >= 4 is 21.6 Å².